The summed E-state index contributed by atoms with van der Waals surface area (Å²) in [4.78, 5) is 13.1. The summed E-state index contributed by atoms with van der Waals surface area (Å²) in [7, 11) is 0. The number of carbonyl (C=O) groups is 1. The number of rotatable bonds is 9. The third-order valence-corrected chi connectivity index (χ3v) is 3.07. The van der Waals surface area contributed by atoms with Gasteiger partial charge in [0.05, 0.1) is 5.56 Å². The first kappa shape index (κ1) is 15.7. The van der Waals surface area contributed by atoms with Gasteiger partial charge in [0.2, 0.25) is 0 Å². The van der Waals surface area contributed by atoms with E-state index in [1.54, 1.807) is 12.1 Å². The molecule has 0 unspecified atom stereocenters. The van der Waals surface area contributed by atoms with Crippen molar-refractivity contribution >= 4 is 5.97 Å². The van der Waals surface area contributed by atoms with Crippen LogP contribution in [-0.2, 0) is 6.54 Å². The number of unbranched alkanes of at least 4 members (excludes halogenated alkanes) is 1. The highest BCUT2D eigenvalue weighted by atomic mass is 16.4. The van der Waals surface area contributed by atoms with Crippen molar-refractivity contribution < 1.29 is 15.0 Å². The number of hydrogen-bond donors (Lipinski definition) is 2. The van der Waals surface area contributed by atoms with Crippen molar-refractivity contribution in [3.05, 3.63) is 35.4 Å². The number of aliphatic hydroxyl groups is 1. The summed E-state index contributed by atoms with van der Waals surface area (Å²) in [6.07, 6.45) is 3.06. The summed E-state index contributed by atoms with van der Waals surface area (Å²) < 4.78 is 0. The zero-order valence-electron chi connectivity index (χ0n) is 11.5. The van der Waals surface area contributed by atoms with Crippen LogP contribution in [-0.4, -0.2) is 40.8 Å². The van der Waals surface area contributed by atoms with Gasteiger partial charge in [0, 0.05) is 19.7 Å². The normalized spacial score (nSPS) is 10.9. The Morgan fingerprint density at radius 1 is 1.16 bits per heavy atom. The Kier molecular flexibility index (Phi) is 7.15. The topological polar surface area (TPSA) is 60.8 Å². The highest BCUT2D eigenvalue weighted by Crippen LogP contribution is 2.09. The predicted molar refractivity (Wildman–Crippen MR) is 75.3 cm³/mol. The zero-order chi connectivity index (χ0) is 14.1. The lowest BCUT2D eigenvalue weighted by atomic mass is 10.1. The summed E-state index contributed by atoms with van der Waals surface area (Å²) in [5.74, 6) is -0.894. The van der Waals surface area contributed by atoms with Gasteiger partial charge in [0.1, 0.15) is 0 Å². The largest absolute Gasteiger partial charge is 0.478 e. The number of aromatic carboxylic acids is 1. The maximum atomic E-state index is 10.8. The maximum Gasteiger partial charge on any atom is 0.335 e. The average Bonchev–Trinajstić information content (AvgIpc) is 2.42. The van der Waals surface area contributed by atoms with E-state index in [1.165, 1.54) is 0 Å². The van der Waals surface area contributed by atoms with Crippen molar-refractivity contribution in [3.63, 3.8) is 0 Å². The molecule has 0 aliphatic rings. The number of nitrogens with zero attached hydrogens (tertiary/aromatic N) is 1. The van der Waals surface area contributed by atoms with Crippen LogP contribution in [0.5, 0.6) is 0 Å². The van der Waals surface area contributed by atoms with Crippen LogP contribution in [0.2, 0.25) is 0 Å². The molecule has 0 saturated heterocycles. The fraction of sp³-hybridized carbons (Fsp3) is 0.533. The van der Waals surface area contributed by atoms with E-state index in [2.05, 4.69) is 11.8 Å². The van der Waals surface area contributed by atoms with Crippen molar-refractivity contribution in [2.24, 2.45) is 0 Å². The molecule has 0 atom stereocenters. The number of hydrogen-bond acceptors (Lipinski definition) is 3. The molecule has 0 aliphatic carbocycles. The molecule has 1 aromatic rings. The predicted octanol–water partition coefficient (Wildman–Crippen LogP) is 2.37. The number of carboxylic acid groups (broad SMARTS) is 1. The van der Waals surface area contributed by atoms with E-state index in [-0.39, 0.29) is 6.61 Å². The smallest absolute Gasteiger partial charge is 0.335 e. The molecule has 0 saturated carbocycles. The first-order valence-electron chi connectivity index (χ1n) is 6.82. The van der Waals surface area contributed by atoms with Crippen molar-refractivity contribution in [1.29, 1.82) is 0 Å². The van der Waals surface area contributed by atoms with Crippen LogP contribution in [0.1, 0.15) is 42.1 Å². The van der Waals surface area contributed by atoms with Crippen molar-refractivity contribution in [3.8, 4) is 0 Å². The van der Waals surface area contributed by atoms with Crippen LogP contribution >= 0.6 is 0 Å². The summed E-state index contributed by atoms with van der Waals surface area (Å²) >= 11 is 0. The van der Waals surface area contributed by atoms with Crippen LogP contribution in [0.15, 0.2) is 24.3 Å². The van der Waals surface area contributed by atoms with E-state index in [4.69, 9.17) is 10.2 Å². The Labute approximate surface area is 114 Å². The van der Waals surface area contributed by atoms with Crippen molar-refractivity contribution in [2.45, 2.75) is 32.7 Å². The lowest BCUT2D eigenvalue weighted by Crippen LogP contribution is -2.26. The SMILES string of the molecule is CCCCN(CCCO)Cc1ccc(C(=O)O)cc1. The Balaban J connectivity index is 2.58. The molecule has 4 heteroatoms. The number of aliphatic hydroxyl groups excluding tert-OH is 1. The molecular weight excluding hydrogens is 242 g/mol. The molecule has 4 nitrogen and oxygen atoms in total. The highest BCUT2D eigenvalue weighted by Gasteiger charge is 2.07. The minimum absolute atomic E-state index is 0.209. The Bertz CT molecular complexity index is 367. The molecule has 1 rings (SSSR count). The Morgan fingerprint density at radius 2 is 1.79 bits per heavy atom. The second kappa shape index (κ2) is 8.67. The van der Waals surface area contributed by atoms with Gasteiger partial charge < -0.3 is 10.2 Å². The molecule has 2 N–H and O–H groups in total. The minimum Gasteiger partial charge on any atom is -0.478 e. The van der Waals surface area contributed by atoms with Crippen LogP contribution in [0.25, 0.3) is 0 Å². The average molecular weight is 265 g/mol. The van der Waals surface area contributed by atoms with Gasteiger partial charge in [-0.25, -0.2) is 4.79 Å². The molecule has 19 heavy (non-hydrogen) atoms. The fourth-order valence-corrected chi connectivity index (χ4v) is 1.96. The van der Waals surface area contributed by atoms with Crippen LogP contribution < -0.4 is 0 Å². The van der Waals surface area contributed by atoms with Gasteiger partial charge in [-0.3, -0.25) is 4.90 Å². The van der Waals surface area contributed by atoms with E-state index in [0.29, 0.717) is 5.56 Å². The maximum absolute atomic E-state index is 10.8. The van der Waals surface area contributed by atoms with E-state index in [9.17, 15) is 4.79 Å². The van der Waals surface area contributed by atoms with Crippen molar-refractivity contribution in [1.82, 2.24) is 4.90 Å². The molecule has 0 bridgehead atoms. The third-order valence-electron chi connectivity index (χ3n) is 3.07. The molecule has 0 aromatic heterocycles. The number of benzene rings is 1. The third kappa shape index (κ3) is 5.85. The quantitative estimate of drug-likeness (QED) is 0.719. The van der Waals surface area contributed by atoms with Gasteiger partial charge in [-0.05, 0) is 37.1 Å². The summed E-state index contributed by atoms with van der Waals surface area (Å²) in [6.45, 7) is 5.06. The second-order valence-corrected chi connectivity index (χ2v) is 4.71. The first-order valence-corrected chi connectivity index (χ1v) is 6.82. The lowest BCUT2D eigenvalue weighted by Gasteiger charge is -2.21. The minimum atomic E-state index is -0.894. The van der Waals surface area contributed by atoms with Crippen LogP contribution in [0.4, 0.5) is 0 Å². The van der Waals surface area contributed by atoms with Crippen molar-refractivity contribution in [2.75, 3.05) is 19.7 Å². The van der Waals surface area contributed by atoms with E-state index in [0.717, 1.165) is 44.5 Å². The van der Waals surface area contributed by atoms with E-state index in [1.807, 2.05) is 12.1 Å². The molecule has 0 aliphatic heterocycles. The lowest BCUT2D eigenvalue weighted by molar-refractivity contribution is 0.0697. The first-order chi connectivity index (χ1) is 9.17. The fourth-order valence-electron chi connectivity index (χ4n) is 1.96. The molecule has 0 heterocycles. The molecule has 1 aromatic carbocycles. The van der Waals surface area contributed by atoms with Gasteiger partial charge in [-0.2, -0.15) is 0 Å². The number of carboxylic acids is 1. The zero-order valence-corrected chi connectivity index (χ0v) is 11.5. The van der Waals surface area contributed by atoms with Gasteiger partial charge in [-0.1, -0.05) is 25.5 Å². The standard InChI is InChI=1S/C15H23NO3/c1-2-3-9-16(10-4-11-17)12-13-5-7-14(8-6-13)15(18)19/h5-8,17H,2-4,9-12H2,1H3,(H,18,19). The Morgan fingerprint density at radius 3 is 2.32 bits per heavy atom. The van der Waals surface area contributed by atoms with Gasteiger partial charge >= 0.3 is 5.97 Å². The van der Waals surface area contributed by atoms with Crippen LogP contribution in [0.3, 0.4) is 0 Å². The van der Waals surface area contributed by atoms with E-state index < -0.39 is 5.97 Å². The second-order valence-electron chi connectivity index (χ2n) is 4.71. The molecular formula is C15H23NO3. The molecule has 0 spiro atoms. The van der Waals surface area contributed by atoms with Gasteiger partial charge in [0.25, 0.3) is 0 Å². The molecule has 0 amide bonds. The summed E-state index contributed by atoms with van der Waals surface area (Å²) in [5.41, 5.74) is 1.43. The monoisotopic (exact) mass is 265 g/mol. The highest BCUT2D eigenvalue weighted by molar-refractivity contribution is 5.87. The molecule has 0 radical (unpaired) electrons. The van der Waals surface area contributed by atoms with E-state index >= 15 is 0 Å². The van der Waals surface area contributed by atoms with Gasteiger partial charge in [0.15, 0.2) is 0 Å². The molecule has 106 valence electrons. The molecule has 0 fully saturated rings. The summed E-state index contributed by atoms with van der Waals surface area (Å²) in [5, 5.41) is 17.8. The van der Waals surface area contributed by atoms with Crippen LogP contribution in [0, 0.1) is 0 Å². The van der Waals surface area contributed by atoms with Gasteiger partial charge in [-0.15, -0.1) is 0 Å². The Hall–Kier alpha value is -1.39. The summed E-state index contributed by atoms with van der Waals surface area (Å²) in [6, 6.07) is 7.01.